The number of aromatic nitrogens is 1. The zero-order valence-electron chi connectivity index (χ0n) is 25.3. The molecule has 0 amide bonds. The fourth-order valence-electron chi connectivity index (χ4n) is 6.02. The lowest BCUT2D eigenvalue weighted by atomic mass is 9.94. The number of rotatable bonds is 10. The van der Waals surface area contributed by atoms with Crippen LogP contribution in [0.3, 0.4) is 0 Å². The first-order valence-electron chi connectivity index (χ1n) is 14.9. The van der Waals surface area contributed by atoms with Gasteiger partial charge in [0, 0.05) is 60.5 Å². The Kier molecular flexibility index (Phi) is 9.65. The van der Waals surface area contributed by atoms with Gasteiger partial charge in [-0.15, -0.1) is 0 Å². The number of anilines is 1. The fourth-order valence-corrected chi connectivity index (χ4v) is 6.02. The number of likely N-dealkylation sites (tertiary alicyclic amines) is 1. The number of nitrogens with one attached hydrogen (secondary N) is 2. The Morgan fingerprint density at radius 1 is 1.15 bits per heavy atom. The standard InChI is InChI=1S/C34H35F4N7O/c1-21(46)33-32(27-17-25(35)7-10-30(27)43-33)29(40)20-45(41)19-22-11-14-44(15-12-22)16-13-42-26-8-5-23(6-9-26)31-24(18-39)3-2-4-28(31)34(36,37)38/h2-10,17,20,22,42-43H,11-16,19,40-41H2,1H3/b29-20-. The summed E-state index contributed by atoms with van der Waals surface area (Å²) in [5.41, 5.74) is 8.13. The molecule has 1 aliphatic rings. The first-order chi connectivity index (χ1) is 21.9. The molecule has 1 fully saturated rings. The van der Waals surface area contributed by atoms with Crippen molar-refractivity contribution in [3.63, 3.8) is 0 Å². The van der Waals surface area contributed by atoms with E-state index in [0.29, 0.717) is 46.7 Å². The summed E-state index contributed by atoms with van der Waals surface area (Å²) >= 11 is 0. The largest absolute Gasteiger partial charge is 0.417 e. The summed E-state index contributed by atoms with van der Waals surface area (Å²) < 4.78 is 54.7. The van der Waals surface area contributed by atoms with E-state index >= 15 is 0 Å². The van der Waals surface area contributed by atoms with Gasteiger partial charge in [-0.25, -0.2) is 10.2 Å². The van der Waals surface area contributed by atoms with Gasteiger partial charge in [0.1, 0.15) is 5.82 Å². The van der Waals surface area contributed by atoms with Crippen LogP contribution in [0, 0.1) is 23.1 Å². The molecule has 0 aliphatic carbocycles. The number of fused-ring (bicyclic) bond motifs is 1. The van der Waals surface area contributed by atoms with Crippen molar-refractivity contribution in [1.82, 2.24) is 14.9 Å². The van der Waals surface area contributed by atoms with Crippen LogP contribution in [-0.4, -0.2) is 53.4 Å². The second-order valence-corrected chi connectivity index (χ2v) is 11.5. The molecule has 6 N–H and O–H groups in total. The predicted octanol–water partition coefficient (Wildman–Crippen LogP) is 6.32. The van der Waals surface area contributed by atoms with Gasteiger partial charge in [-0.3, -0.25) is 4.79 Å². The number of nitrogens with zero attached hydrogens (tertiary/aromatic N) is 3. The zero-order valence-corrected chi connectivity index (χ0v) is 25.3. The van der Waals surface area contributed by atoms with Gasteiger partial charge in [-0.2, -0.15) is 18.4 Å². The Balaban J connectivity index is 1.12. The Bertz CT molecular complexity index is 1780. The molecule has 1 saturated heterocycles. The number of benzene rings is 3. The Morgan fingerprint density at radius 2 is 1.87 bits per heavy atom. The number of hydrogen-bond donors (Lipinski definition) is 4. The maximum atomic E-state index is 14.0. The van der Waals surface area contributed by atoms with E-state index in [1.165, 1.54) is 36.2 Å². The van der Waals surface area contributed by atoms with E-state index in [0.717, 1.165) is 44.2 Å². The van der Waals surface area contributed by atoms with E-state index in [4.69, 9.17) is 11.6 Å². The summed E-state index contributed by atoms with van der Waals surface area (Å²) in [6, 6.07) is 16.3. The number of Topliss-reactive ketones (excluding diaryl/α,β-unsaturated/α-hetero) is 1. The molecule has 12 heteroatoms. The molecular weight excluding hydrogens is 598 g/mol. The number of carbonyl (C=O) groups is 1. The molecule has 2 heterocycles. The molecule has 0 radical (unpaired) electrons. The SMILES string of the molecule is CC(=O)c1[nH]c2ccc(F)cc2c1/C(N)=C/N(N)CC1CCN(CCNc2ccc(-c3c(C#N)cccc3C(F)(F)F)cc2)CC1. The Hall–Kier alpha value is -4.86. The van der Waals surface area contributed by atoms with Crippen LogP contribution >= 0.6 is 0 Å². The van der Waals surface area contributed by atoms with Gasteiger partial charge in [-0.1, -0.05) is 18.2 Å². The highest BCUT2D eigenvalue weighted by molar-refractivity contribution is 6.06. The van der Waals surface area contributed by atoms with Gasteiger partial charge in [-0.05, 0) is 79.9 Å². The van der Waals surface area contributed by atoms with E-state index in [1.54, 1.807) is 36.5 Å². The number of aromatic amines is 1. The normalized spacial score (nSPS) is 14.8. The smallest absolute Gasteiger partial charge is 0.397 e. The van der Waals surface area contributed by atoms with Crippen molar-refractivity contribution in [3.05, 3.63) is 95.1 Å². The van der Waals surface area contributed by atoms with Gasteiger partial charge in [0.2, 0.25) is 0 Å². The average molecular weight is 634 g/mol. The first-order valence-corrected chi connectivity index (χ1v) is 14.9. The molecule has 8 nitrogen and oxygen atoms in total. The summed E-state index contributed by atoms with van der Waals surface area (Å²) in [5.74, 6) is 5.98. The number of piperidine rings is 1. The van der Waals surface area contributed by atoms with Gasteiger partial charge >= 0.3 is 6.18 Å². The molecule has 0 unspecified atom stereocenters. The van der Waals surface area contributed by atoms with Crippen molar-refractivity contribution < 1.29 is 22.4 Å². The van der Waals surface area contributed by atoms with Crippen LogP contribution in [0.1, 0.15) is 46.9 Å². The zero-order chi connectivity index (χ0) is 33.0. The molecule has 4 aromatic rings. The summed E-state index contributed by atoms with van der Waals surface area (Å²) in [7, 11) is 0. The van der Waals surface area contributed by atoms with Crippen LogP contribution in [0.15, 0.2) is 66.9 Å². The average Bonchev–Trinajstić information content (AvgIpc) is 3.40. The molecule has 0 atom stereocenters. The Labute approximate surface area is 264 Å². The van der Waals surface area contributed by atoms with E-state index in [2.05, 4.69) is 15.2 Å². The molecule has 46 heavy (non-hydrogen) atoms. The lowest BCUT2D eigenvalue weighted by molar-refractivity contribution is -0.137. The van der Waals surface area contributed by atoms with E-state index in [-0.39, 0.29) is 22.6 Å². The minimum Gasteiger partial charge on any atom is -0.397 e. The number of hydrazine groups is 1. The number of halogens is 4. The van der Waals surface area contributed by atoms with Crippen molar-refractivity contribution in [3.8, 4) is 17.2 Å². The van der Waals surface area contributed by atoms with Crippen molar-refractivity contribution >= 4 is 28.1 Å². The van der Waals surface area contributed by atoms with Gasteiger partial charge in [0.15, 0.2) is 5.78 Å². The van der Waals surface area contributed by atoms with Gasteiger partial charge < -0.3 is 25.9 Å². The number of hydrogen-bond acceptors (Lipinski definition) is 7. The number of ketones is 1. The topological polar surface area (TPSA) is 127 Å². The number of H-pyrrole nitrogens is 1. The van der Waals surface area contributed by atoms with Gasteiger partial charge in [0.25, 0.3) is 0 Å². The fraction of sp³-hybridized carbons (Fsp3) is 0.294. The van der Waals surface area contributed by atoms with Crippen molar-refractivity contribution in [1.29, 1.82) is 5.26 Å². The molecule has 1 aromatic heterocycles. The molecular formula is C34H35F4N7O. The van der Waals surface area contributed by atoms with Crippen molar-refractivity contribution in [2.45, 2.75) is 25.9 Å². The van der Waals surface area contributed by atoms with Crippen LogP contribution < -0.4 is 16.9 Å². The third-order valence-electron chi connectivity index (χ3n) is 8.30. The third kappa shape index (κ3) is 7.33. The lowest BCUT2D eigenvalue weighted by Gasteiger charge is -2.33. The maximum absolute atomic E-state index is 14.0. The lowest BCUT2D eigenvalue weighted by Crippen LogP contribution is -2.41. The van der Waals surface area contributed by atoms with E-state index in [1.807, 2.05) is 6.07 Å². The van der Waals surface area contributed by atoms with Gasteiger partial charge in [0.05, 0.1) is 28.6 Å². The highest BCUT2D eigenvalue weighted by atomic mass is 19.4. The minimum atomic E-state index is -4.57. The highest BCUT2D eigenvalue weighted by Crippen LogP contribution is 2.39. The summed E-state index contributed by atoms with van der Waals surface area (Å²) in [6.45, 7) is 5.17. The molecule has 240 valence electrons. The molecule has 0 bridgehead atoms. The summed E-state index contributed by atoms with van der Waals surface area (Å²) in [4.78, 5) is 17.6. The van der Waals surface area contributed by atoms with E-state index < -0.39 is 17.6 Å². The summed E-state index contributed by atoms with van der Waals surface area (Å²) in [6.07, 6.45) is -1.14. The maximum Gasteiger partial charge on any atom is 0.417 e. The predicted molar refractivity (Wildman–Crippen MR) is 171 cm³/mol. The highest BCUT2D eigenvalue weighted by Gasteiger charge is 2.34. The van der Waals surface area contributed by atoms with E-state index in [9.17, 15) is 27.6 Å². The molecule has 0 spiro atoms. The van der Waals surface area contributed by atoms with Crippen LogP contribution in [0.25, 0.3) is 27.7 Å². The number of nitrogens with two attached hydrogens (primary N) is 2. The van der Waals surface area contributed by atoms with Crippen LogP contribution in [-0.2, 0) is 6.18 Å². The second-order valence-electron chi connectivity index (χ2n) is 11.5. The monoisotopic (exact) mass is 633 g/mol. The van der Waals surface area contributed by atoms with Crippen LogP contribution in [0.2, 0.25) is 0 Å². The van der Waals surface area contributed by atoms with Crippen molar-refractivity contribution in [2.24, 2.45) is 17.5 Å². The third-order valence-corrected chi connectivity index (χ3v) is 8.30. The molecule has 1 aliphatic heterocycles. The molecule has 0 saturated carbocycles. The molecule has 3 aromatic carbocycles. The molecule has 5 rings (SSSR count). The number of carbonyl (C=O) groups excluding carboxylic acids is 1. The second kappa shape index (κ2) is 13.6. The number of nitriles is 1. The summed E-state index contributed by atoms with van der Waals surface area (Å²) in [5, 5.41) is 14.8. The van der Waals surface area contributed by atoms with Crippen molar-refractivity contribution in [2.75, 3.05) is 38.0 Å². The Morgan fingerprint density at radius 3 is 2.52 bits per heavy atom. The quantitative estimate of drug-likeness (QED) is 0.0696. The number of alkyl halides is 3. The van der Waals surface area contributed by atoms with Crippen LogP contribution in [0.5, 0.6) is 0 Å². The van der Waals surface area contributed by atoms with Crippen LogP contribution in [0.4, 0.5) is 23.2 Å². The first kappa shape index (κ1) is 32.5. The minimum absolute atomic E-state index is 0.0238.